The largest absolute Gasteiger partial charge is 0.494 e. The van der Waals surface area contributed by atoms with Crippen molar-refractivity contribution in [2.75, 3.05) is 13.2 Å². The Morgan fingerprint density at radius 3 is 1.15 bits per heavy atom. The van der Waals surface area contributed by atoms with Crippen LogP contribution in [-0.2, 0) is 0 Å². The Balaban J connectivity index is 0.000000176. The van der Waals surface area contributed by atoms with Crippen LogP contribution in [0.2, 0.25) is 0 Å². The Kier molecular flexibility index (Phi) is 18.8. The molecule has 0 saturated carbocycles. The maximum Gasteiger partial charge on any atom is 0.167 e. The van der Waals surface area contributed by atoms with Gasteiger partial charge in [0.05, 0.1) is 13.2 Å². The zero-order valence-electron chi connectivity index (χ0n) is 36.9. The summed E-state index contributed by atoms with van der Waals surface area (Å²) in [6.45, 7) is 14.5. The fourth-order valence-electron chi connectivity index (χ4n) is 6.58. The smallest absolute Gasteiger partial charge is 0.167 e. The van der Waals surface area contributed by atoms with Crippen LogP contribution in [0.25, 0.3) is 44.8 Å². The average molecular weight is 800 g/mol. The van der Waals surface area contributed by atoms with Gasteiger partial charge in [0.15, 0.2) is 5.76 Å². The van der Waals surface area contributed by atoms with Gasteiger partial charge in [-0.1, -0.05) is 208 Å². The molecule has 7 rings (SSSR count). The van der Waals surface area contributed by atoms with Crippen LogP contribution in [0.4, 0.5) is 0 Å². The van der Waals surface area contributed by atoms with E-state index in [9.17, 15) is 0 Å². The van der Waals surface area contributed by atoms with E-state index < -0.39 is 0 Å². The molecule has 0 aliphatic rings. The lowest BCUT2D eigenvalue weighted by molar-refractivity contribution is 0.304. The van der Waals surface area contributed by atoms with Gasteiger partial charge in [-0.3, -0.25) is 0 Å². The van der Waals surface area contributed by atoms with Crippen molar-refractivity contribution in [3.05, 3.63) is 174 Å². The summed E-state index contributed by atoms with van der Waals surface area (Å²) < 4.78 is 16.9. The van der Waals surface area contributed by atoms with E-state index in [4.69, 9.17) is 14.0 Å². The minimum Gasteiger partial charge on any atom is -0.494 e. The SMILES string of the molecule is CCCCCCCCOc1ccc(C)cc1.CCCCCOc1ccc(-c2ccc(-c3ccc(C)cc3)cc2)cc1.Cc1ccc(-c2cc(-c3ccc(C)cc3)on2)cc1. The van der Waals surface area contributed by atoms with Gasteiger partial charge in [-0.15, -0.1) is 0 Å². The van der Waals surface area contributed by atoms with Gasteiger partial charge < -0.3 is 14.0 Å². The first-order chi connectivity index (χ1) is 29.3. The Labute approximate surface area is 360 Å². The first kappa shape index (κ1) is 45.2. The third kappa shape index (κ3) is 15.4. The van der Waals surface area contributed by atoms with Crippen molar-refractivity contribution < 1.29 is 14.0 Å². The van der Waals surface area contributed by atoms with Gasteiger partial charge in [0, 0.05) is 17.2 Å². The zero-order valence-corrected chi connectivity index (χ0v) is 36.9. The van der Waals surface area contributed by atoms with Crippen molar-refractivity contribution in [2.24, 2.45) is 0 Å². The number of unbranched alkanes of at least 4 members (excludes halogenated alkanes) is 7. The van der Waals surface area contributed by atoms with Crippen LogP contribution in [0.5, 0.6) is 11.5 Å². The van der Waals surface area contributed by atoms with Crippen molar-refractivity contribution in [1.82, 2.24) is 5.16 Å². The van der Waals surface area contributed by atoms with Gasteiger partial charge in [-0.05, 0) is 87.1 Å². The molecule has 0 aliphatic carbocycles. The fourth-order valence-corrected chi connectivity index (χ4v) is 6.58. The van der Waals surface area contributed by atoms with Gasteiger partial charge in [0.2, 0.25) is 0 Å². The molecule has 0 fully saturated rings. The van der Waals surface area contributed by atoms with E-state index in [0.29, 0.717) is 0 Å². The lowest BCUT2D eigenvalue weighted by Crippen LogP contribution is -1.97. The maximum absolute atomic E-state index is 5.79. The van der Waals surface area contributed by atoms with Gasteiger partial charge in [0.1, 0.15) is 17.2 Å². The summed E-state index contributed by atoms with van der Waals surface area (Å²) in [5, 5.41) is 4.14. The van der Waals surface area contributed by atoms with Crippen LogP contribution in [0, 0.1) is 27.7 Å². The monoisotopic (exact) mass is 799 g/mol. The van der Waals surface area contributed by atoms with Crippen molar-refractivity contribution >= 4 is 0 Å². The van der Waals surface area contributed by atoms with E-state index in [1.165, 1.54) is 95.9 Å². The van der Waals surface area contributed by atoms with Crippen LogP contribution in [0.3, 0.4) is 0 Å². The van der Waals surface area contributed by atoms with Crippen molar-refractivity contribution in [2.45, 2.75) is 99.3 Å². The highest BCUT2D eigenvalue weighted by Crippen LogP contribution is 2.28. The molecule has 312 valence electrons. The number of hydrogen-bond donors (Lipinski definition) is 0. The summed E-state index contributed by atoms with van der Waals surface area (Å²) in [7, 11) is 0. The molecule has 0 atom stereocenters. The Hall–Kier alpha value is -5.87. The van der Waals surface area contributed by atoms with E-state index in [1.54, 1.807) is 0 Å². The van der Waals surface area contributed by atoms with Gasteiger partial charge in [-0.25, -0.2) is 0 Å². The number of nitrogens with zero attached hydrogens (tertiary/aromatic N) is 1. The standard InChI is InChI=1S/C24H26O.C17H15NO.C15H24O/c1-3-4-5-18-25-24-16-14-23(15-17-24)22-12-10-21(11-13-22)20-8-6-19(2)7-9-20;1-12-3-7-14(8-4-12)16-11-17(19-18-16)15-9-5-13(2)6-10-15;1-3-4-5-6-7-8-13-16-15-11-9-14(2)10-12-15/h6-17H,3-5,18H2,1-2H3;3-11H,1-2H3;9-12H,3-8,13H2,1-2H3. The summed E-state index contributed by atoms with van der Waals surface area (Å²) in [6.07, 6.45) is 11.5. The van der Waals surface area contributed by atoms with Crippen LogP contribution < -0.4 is 9.47 Å². The van der Waals surface area contributed by atoms with E-state index in [0.717, 1.165) is 53.7 Å². The summed E-state index contributed by atoms with van der Waals surface area (Å²) in [4.78, 5) is 0. The molecule has 0 N–H and O–H groups in total. The molecule has 60 heavy (non-hydrogen) atoms. The Morgan fingerprint density at radius 2 is 0.683 bits per heavy atom. The molecule has 7 aromatic rings. The number of hydrogen-bond acceptors (Lipinski definition) is 4. The number of benzene rings is 6. The molecule has 0 aliphatic heterocycles. The molecular formula is C56H65NO3. The molecule has 0 spiro atoms. The quantitative estimate of drug-likeness (QED) is 0.0861. The number of aryl methyl sites for hydroxylation is 4. The summed E-state index contributed by atoms with van der Waals surface area (Å²) >= 11 is 0. The lowest BCUT2D eigenvalue weighted by atomic mass is 10.00. The number of aromatic nitrogens is 1. The first-order valence-electron chi connectivity index (χ1n) is 22.0. The third-order valence-corrected chi connectivity index (χ3v) is 10.5. The van der Waals surface area contributed by atoms with Crippen LogP contribution in [-0.4, -0.2) is 18.4 Å². The predicted molar refractivity (Wildman–Crippen MR) is 254 cm³/mol. The molecule has 0 amide bonds. The van der Waals surface area contributed by atoms with Crippen LogP contribution in [0.1, 0.15) is 93.9 Å². The minimum absolute atomic E-state index is 0.801. The number of ether oxygens (including phenoxy) is 2. The molecule has 1 heterocycles. The van der Waals surface area contributed by atoms with Crippen molar-refractivity contribution in [3.8, 4) is 56.3 Å². The van der Waals surface area contributed by atoms with Crippen molar-refractivity contribution in [1.29, 1.82) is 0 Å². The zero-order chi connectivity index (χ0) is 42.4. The topological polar surface area (TPSA) is 44.5 Å². The summed E-state index contributed by atoms with van der Waals surface area (Å²) in [5.74, 6) is 2.76. The second kappa shape index (κ2) is 24.9. The van der Waals surface area contributed by atoms with Gasteiger partial charge in [-0.2, -0.15) is 0 Å². The fraction of sp³-hybridized carbons (Fsp3) is 0.304. The van der Waals surface area contributed by atoms with E-state index >= 15 is 0 Å². The molecule has 0 unspecified atom stereocenters. The van der Waals surface area contributed by atoms with E-state index in [1.807, 2.05) is 18.2 Å². The predicted octanol–water partition coefficient (Wildman–Crippen LogP) is 16.3. The highest BCUT2D eigenvalue weighted by Gasteiger charge is 2.08. The molecule has 4 heteroatoms. The highest BCUT2D eigenvalue weighted by molar-refractivity contribution is 5.71. The van der Waals surface area contributed by atoms with E-state index in [2.05, 4.69) is 180 Å². The van der Waals surface area contributed by atoms with Gasteiger partial charge >= 0.3 is 0 Å². The Bertz CT molecular complexity index is 2140. The Morgan fingerprint density at radius 1 is 0.367 bits per heavy atom. The van der Waals surface area contributed by atoms with Gasteiger partial charge in [0.25, 0.3) is 0 Å². The molecule has 4 nitrogen and oxygen atoms in total. The minimum atomic E-state index is 0.801. The highest BCUT2D eigenvalue weighted by atomic mass is 16.5. The van der Waals surface area contributed by atoms with Crippen molar-refractivity contribution in [3.63, 3.8) is 0 Å². The van der Waals surface area contributed by atoms with Crippen LogP contribution in [0.15, 0.2) is 156 Å². The third-order valence-electron chi connectivity index (χ3n) is 10.5. The summed E-state index contributed by atoms with van der Waals surface area (Å²) in [5.41, 5.74) is 13.0. The molecule has 1 aromatic heterocycles. The maximum atomic E-state index is 5.79. The molecule has 0 bridgehead atoms. The summed E-state index contributed by atoms with van der Waals surface area (Å²) in [6, 6.07) is 52.6. The molecule has 0 radical (unpaired) electrons. The molecule has 0 saturated heterocycles. The normalized spacial score (nSPS) is 10.6. The van der Waals surface area contributed by atoms with E-state index in [-0.39, 0.29) is 0 Å². The second-order valence-electron chi connectivity index (χ2n) is 15.8. The molecular weight excluding hydrogens is 735 g/mol. The van der Waals surface area contributed by atoms with Crippen LogP contribution >= 0.6 is 0 Å². The first-order valence-corrected chi connectivity index (χ1v) is 22.0. The second-order valence-corrected chi connectivity index (χ2v) is 15.8. The lowest BCUT2D eigenvalue weighted by Gasteiger charge is -2.08. The number of rotatable bonds is 17. The molecule has 6 aromatic carbocycles. The average Bonchev–Trinajstić information content (AvgIpc) is 3.78.